The number of thiophene rings is 1. The van der Waals surface area contributed by atoms with E-state index < -0.39 is 0 Å². The molecule has 2 nitrogen and oxygen atoms in total. The Morgan fingerprint density at radius 3 is 2.43 bits per heavy atom. The summed E-state index contributed by atoms with van der Waals surface area (Å²) in [5.74, 6) is 0.809. The molecular weight excluding hydrogens is 346 g/mol. The van der Waals surface area contributed by atoms with Gasteiger partial charge < -0.3 is 5.32 Å². The van der Waals surface area contributed by atoms with E-state index in [4.69, 9.17) is 11.6 Å². The molecule has 0 aliphatic rings. The van der Waals surface area contributed by atoms with Crippen LogP contribution < -0.4 is 5.32 Å². The van der Waals surface area contributed by atoms with Gasteiger partial charge in [0, 0.05) is 21.4 Å². The Balaban J connectivity index is 1.56. The molecule has 1 amide bonds. The lowest BCUT2D eigenvalue weighted by molar-refractivity contribution is 0.103. The van der Waals surface area contributed by atoms with Crippen molar-refractivity contribution < 1.29 is 4.79 Å². The minimum Gasteiger partial charge on any atom is -0.321 e. The van der Waals surface area contributed by atoms with Gasteiger partial charge in [-0.25, -0.2) is 0 Å². The van der Waals surface area contributed by atoms with Crippen LogP contribution in [0.5, 0.6) is 0 Å². The van der Waals surface area contributed by atoms with Crippen molar-refractivity contribution in [3.8, 4) is 0 Å². The van der Waals surface area contributed by atoms with Crippen LogP contribution in [0.25, 0.3) is 0 Å². The number of carbonyl (C=O) groups is 1. The van der Waals surface area contributed by atoms with E-state index in [1.807, 2.05) is 66.0 Å². The molecule has 0 saturated carbocycles. The summed E-state index contributed by atoms with van der Waals surface area (Å²) < 4.78 is 0. The highest BCUT2D eigenvalue weighted by Crippen LogP contribution is 2.25. The summed E-state index contributed by atoms with van der Waals surface area (Å²) in [5, 5.41) is 5.55. The molecule has 0 saturated heterocycles. The minimum absolute atomic E-state index is 0.0664. The SMILES string of the molecule is O=C(Nc1ccc(CSc2ccc(Cl)cc2)cc1)c1cccs1. The van der Waals surface area contributed by atoms with Gasteiger partial charge in [-0.15, -0.1) is 23.1 Å². The van der Waals surface area contributed by atoms with Gasteiger partial charge in [0.25, 0.3) is 5.91 Å². The molecule has 3 aromatic rings. The molecule has 0 aliphatic heterocycles. The van der Waals surface area contributed by atoms with E-state index in [-0.39, 0.29) is 5.91 Å². The highest BCUT2D eigenvalue weighted by Gasteiger charge is 2.06. The van der Waals surface area contributed by atoms with Crippen molar-refractivity contribution in [1.29, 1.82) is 0 Å². The Labute approximate surface area is 148 Å². The van der Waals surface area contributed by atoms with Gasteiger partial charge in [0.2, 0.25) is 0 Å². The predicted molar refractivity (Wildman–Crippen MR) is 99.7 cm³/mol. The Morgan fingerprint density at radius 2 is 1.78 bits per heavy atom. The zero-order valence-electron chi connectivity index (χ0n) is 12.2. The molecule has 0 atom stereocenters. The third kappa shape index (κ3) is 4.61. The van der Waals surface area contributed by atoms with Crippen molar-refractivity contribution in [1.82, 2.24) is 0 Å². The summed E-state index contributed by atoms with van der Waals surface area (Å²) in [7, 11) is 0. The first-order valence-corrected chi connectivity index (χ1v) is 9.27. The summed E-state index contributed by atoms with van der Waals surface area (Å²) >= 11 is 9.07. The lowest BCUT2D eigenvalue weighted by Gasteiger charge is -2.06. The van der Waals surface area contributed by atoms with E-state index in [2.05, 4.69) is 5.32 Å². The molecule has 1 N–H and O–H groups in total. The number of carbonyl (C=O) groups excluding carboxylic acids is 1. The van der Waals surface area contributed by atoms with Gasteiger partial charge in [-0.3, -0.25) is 4.79 Å². The van der Waals surface area contributed by atoms with Crippen LogP contribution in [0.4, 0.5) is 5.69 Å². The van der Waals surface area contributed by atoms with E-state index in [9.17, 15) is 4.79 Å². The number of anilines is 1. The van der Waals surface area contributed by atoms with Gasteiger partial charge in [0.05, 0.1) is 4.88 Å². The standard InChI is InChI=1S/C18H14ClNOS2/c19-14-5-9-16(10-6-14)23-12-13-3-7-15(8-4-13)20-18(21)17-2-1-11-22-17/h1-11H,12H2,(H,20,21). The van der Waals surface area contributed by atoms with Gasteiger partial charge in [0.1, 0.15) is 0 Å². The lowest BCUT2D eigenvalue weighted by Crippen LogP contribution is -2.09. The van der Waals surface area contributed by atoms with Crippen molar-refractivity contribution in [3.63, 3.8) is 0 Å². The fourth-order valence-corrected chi connectivity index (χ4v) is 3.58. The van der Waals surface area contributed by atoms with E-state index in [0.717, 1.165) is 16.5 Å². The average Bonchev–Trinajstić information content (AvgIpc) is 3.10. The number of amides is 1. The molecule has 3 rings (SSSR count). The topological polar surface area (TPSA) is 29.1 Å². The lowest BCUT2D eigenvalue weighted by atomic mass is 10.2. The monoisotopic (exact) mass is 359 g/mol. The molecule has 2 aromatic carbocycles. The smallest absolute Gasteiger partial charge is 0.265 e. The normalized spacial score (nSPS) is 10.5. The van der Waals surface area contributed by atoms with E-state index >= 15 is 0 Å². The summed E-state index contributed by atoms with van der Waals surface area (Å²) in [6.07, 6.45) is 0. The number of rotatable bonds is 5. The number of nitrogens with one attached hydrogen (secondary N) is 1. The first-order valence-electron chi connectivity index (χ1n) is 7.03. The maximum atomic E-state index is 12.0. The second kappa shape index (κ2) is 7.68. The highest BCUT2D eigenvalue weighted by molar-refractivity contribution is 7.98. The zero-order valence-corrected chi connectivity index (χ0v) is 14.5. The van der Waals surface area contributed by atoms with Crippen molar-refractivity contribution in [2.75, 3.05) is 5.32 Å². The fraction of sp³-hybridized carbons (Fsp3) is 0.0556. The summed E-state index contributed by atoms with van der Waals surface area (Å²) in [6, 6.07) is 19.5. The molecule has 116 valence electrons. The number of hydrogen-bond donors (Lipinski definition) is 1. The molecule has 0 spiro atoms. The van der Waals surface area contributed by atoms with Crippen molar-refractivity contribution >= 4 is 46.3 Å². The second-order valence-electron chi connectivity index (χ2n) is 4.87. The Kier molecular flexibility index (Phi) is 5.39. The van der Waals surface area contributed by atoms with Gasteiger partial charge in [-0.2, -0.15) is 0 Å². The minimum atomic E-state index is -0.0664. The number of thioether (sulfide) groups is 1. The summed E-state index contributed by atoms with van der Waals surface area (Å²) in [6.45, 7) is 0. The van der Waals surface area contributed by atoms with Crippen LogP contribution >= 0.6 is 34.7 Å². The molecule has 0 radical (unpaired) electrons. The first kappa shape index (κ1) is 16.1. The molecule has 0 bridgehead atoms. The largest absolute Gasteiger partial charge is 0.321 e. The fourth-order valence-electron chi connectivity index (χ4n) is 1.98. The Bertz CT molecular complexity index is 768. The predicted octanol–water partition coefficient (Wildman–Crippen LogP) is 5.95. The molecule has 1 heterocycles. The van der Waals surface area contributed by atoms with Crippen LogP contribution in [0.2, 0.25) is 5.02 Å². The third-order valence-corrected chi connectivity index (χ3v) is 5.38. The number of hydrogen-bond acceptors (Lipinski definition) is 3. The number of benzene rings is 2. The van der Waals surface area contributed by atoms with Crippen LogP contribution in [0.15, 0.2) is 70.9 Å². The molecule has 1 aromatic heterocycles. The quantitative estimate of drug-likeness (QED) is 0.570. The molecule has 5 heteroatoms. The zero-order chi connectivity index (χ0) is 16.1. The van der Waals surface area contributed by atoms with Gasteiger partial charge in [0.15, 0.2) is 0 Å². The van der Waals surface area contributed by atoms with Gasteiger partial charge >= 0.3 is 0 Å². The Morgan fingerprint density at radius 1 is 1.04 bits per heavy atom. The molecule has 0 aliphatic carbocycles. The second-order valence-corrected chi connectivity index (χ2v) is 7.30. The van der Waals surface area contributed by atoms with Crippen LogP contribution in [0, 0.1) is 0 Å². The molecule has 23 heavy (non-hydrogen) atoms. The van der Waals surface area contributed by atoms with E-state index in [1.54, 1.807) is 11.8 Å². The maximum absolute atomic E-state index is 12.0. The molecule has 0 fully saturated rings. The Hall–Kier alpha value is -1.75. The van der Waals surface area contributed by atoms with Crippen molar-refractivity contribution in [2.45, 2.75) is 10.6 Å². The van der Waals surface area contributed by atoms with E-state index in [0.29, 0.717) is 4.88 Å². The highest BCUT2D eigenvalue weighted by atomic mass is 35.5. The van der Waals surface area contributed by atoms with E-state index in [1.165, 1.54) is 21.8 Å². The van der Waals surface area contributed by atoms with Crippen molar-refractivity contribution in [3.05, 3.63) is 81.5 Å². The first-order chi connectivity index (χ1) is 11.2. The van der Waals surface area contributed by atoms with Gasteiger partial charge in [-0.05, 0) is 53.4 Å². The van der Waals surface area contributed by atoms with Crippen molar-refractivity contribution in [2.24, 2.45) is 0 Å². The summed E-state index contributed by atoms with van der Waals surface area (Å²) in [4.78, 5) is 13.9. The number of halogens is 1. The maximum Gasteiger partial charge on any atom is 0.265 e. The van der Waals surface area contributed by atoms with Crippen LogP contribution in [-0.2, 0) is 5.75 Å². The molecular formula is C18H14ClNOS2. The van der Waals surface area contributed by atoms with Crippen LogP contribution in [0.3, 0.4) is 0 Å². The molecule has 0 unspecified atom stereocenters. The van der Waals surface area contributed by atoms with Crippen LogP contribution in [0.1, 0.15) is 15.2 Å². The van der Waals surface area contributed by atoms with Gasteiger partial charge in [-0.1, -0.05) is 29.8 Å². The average molecular weight is 360 g/mol. The third-order valence-electron chi connectivity index (χ3n) is 3.18. The summed E-state index contributed by atoms with van der Waals surface area (Å²) in [5.41, 5.74) is 2.02. The van der Waals surface area contributed by atoms with Crippen LogP contribution in [-0.4, -0.2) is 5.91 Å².